The quantitative estimate of drug-likeness (QED) is 0.884. The minimum Gasteiger partial charge on any atom is -0.331 e. The third-order valence-corrected chi connectivity index (χ3v) is 5.02. The molecule has 0 spiro atoms. The zero-order valence-corrected chi connectivity index (χ0v) is 14.4. The second kappa shape index (κ2) is 7.14. The monoisotopic (exact) mass is 333 g/mol. The number of urea groups is 1. The molecule has 3 rings (SSSR count). The number of rotatable bonds is 5. The normalized spacial score (nSPS) is 17.1. The largest absolute Gasteiger partial charge is 0.331 e. The van der Waals surface area contributed by atoms with Crippen molar-refractivity contribution in [3.63, 3.8) is 0 Å². The molecule has 1 aliphatic rings. The highest BCUT2D eigenvalue weighted by molar-refractivity contribution is 7.10. The first-order valence-corrected chi connectivity index (χ1v) is 8.81. The second-order valence-corrected chi connectivity index (χ2v) is 7.14. The topological polar surface area (TPSA) is 62.2 Å². The Balaban J connectivity index is 1.54. The first-order valence-electron chi connectivity index (χ1n) is 7.93. The number of nitrogens with zero attached hydrogens (tertiary/aromatic N) is 3. The lowest BCUT2D eigenvalue weighted by molar-refractivity contribution is 0.247. The van der Waals surface area contributed by atoms with E-state index in [0.29, 0.717) is 0 Å². The zero-order valence-electron chi connectivity index (χ0n) is 13.6. The summed E-state index contributed by atoms with van der Waals surface area (Å²) in [4.78, 5) is 15.7. The number of aromatic nitrogens is 2. The van der Waals surface area contributed by atoms with Crippen LogP contribution >= 0.6 is 11.3 Å². The van der Waals surface area contributed by atoms with Crippen LogP contribution in [-0.2, 0) is 13.0 Å². The van der Waals surface area contributed by atoms with Crippen molar-refractivity contribution in [2.24, 2.45) is 0 Å². The van der Waals surface area contributed by atoms with Gasteiger partial charge in [-0.2, -0.15) is 5.10 Å². The van der Waals surface area contributed by atoms with Gasteiger partial charge in [-0.3, -0.25) is 4.68 Å². The molecular weight excluding hydrogens is 310 g/mol. The van der Waals surface area contributed by atoms with Crippen molar-refractivity contribution < 1.29 is 4.79 Å². The maximum Gasteiger partial charge on any atom is 0.319 e. The molecule has 2 aromatic heterocycles. The summed E-state index contributed by atoms with van der Waals surface area (Å²) in [5.41, 5.74) is 2.00. The molecule has 0 fully saturated rings. The third-order valence-electron chi connectivity index (χ3n) is 4.02. The molecule has 0 aromatic carbocycles. The van der Waals surface area contributed by atoms with E-state index in [4.69, 9.17) is 0 Å². The molecule has 0 aliphatic heterocycles. The van der Waals surface area contributed by atoms with Gasteiger partial charge in [0.05, 0.1) is 24.5 Å². The van der Waals surface area contributed by atoms with Gasteiger partial charge >= 0.3 is 6.03 Å². The fraction of sp³-hybridized carbons (Fsp3) is 0.500. The molecule has 0 bridgehead atoms. The number of hydrogen-bond acceptors (Lipinski definition) is 4. The van der Waals surface area contributed by atoms with Crippen LogP contribution in [0.15, 0.2) is 23.8 Å². The SMILES string of the molecule is CN(C)CCn1cc(NC(=O)N[C@@H]2CCCc3sccc32)cn1. The lowest BCUT2D eigenvalue weighted by Crippen LogP contribution is -2.33. The molecule has 0 saturated heterocycles. The van der Waals surface area contributed by atoms with Crippen molar-refractivity contribution in [3.05, 3.63) is 34.3 Å². The summed E-state index contributed by atoms with van der Waals surface area (Å²) in [7, 11) is 4.05. The van der Waals surface area contributed by atoms with Gasteiger partial charge in [-0.25, -0.2) is 4.79 Å². The molecular formula is C16H23N5OS. The Bertz CT molecular complexity index is 663. The predicted molar refractivity (Wildman–Crippen MR) is 92.9 cm³/mol. The van der Waals surface area contributed by atoms with Gasteiger partial charge in [-0.1, -0.05) is 0 Å². The van der Waals surface area contributed by atoms with Crippen LogP contribution in [0.1, 0.15) is 29.3 Å². The van der Waals surface area contributed by atoms with Crippen molar-refractivity contribution in [1.29, 1.82) is 0 Å². The lowest BCUT2D eigenvalue weighted by atomic mass is 9.94. The average Bonchev–Trinajstić information content (AvgIpc) is 3.14. The number of thiophene rings is 1. The summed E-state index contributed by atoms with van der Waals surface area (Å²) in [5, 5.41) is 12.3. The molecule has 1 aliphatic carbocycles. The van der Waals surface area contributed by atoms with Crippen molar-refractivity contribution in [2.75, 3.05) is 26.0 Å². The van der Waals surface area contributed by atoms with E-state index in [1.807, 2.05) is 25.0 Å². The molecule has 2 N–H and O–H groups in total. The van der Waals surface area contributed by atoms with Gasteiger partial charge in [-0.05, 0) is 50.4 Å². The summed E-state index contributed by atoms with van der Waals surface area (Å²) in [5.74, 6) is 0. The van der Waals surface area contributed by atoms with Gasteiger partial charge in [0.15, 0.2) is 0 Å². The van der Waals surface area contributed by atoms with E-state index in [0.717, 1.165) is 38.0 Å². The Labute approximate surface area is 140 Å². The zero-order chi connectivity index (χ0) is 16.2. The Morgan fingerprint density at radius 1 is 1.52 bits per heavy atom. The minimum atomic E-state index is -0.166. The van der Waals surface area contributed by atoms with Gasteiger partial charge in [0.25, 0.3) is 0 Å². The number of carbonyl (C=O) groups is 1. The number of fused-ring (bicyclic) bond motifs is 1. The molecule has 23 heavy (non-hydrogen) atoms. The van der Waals surface area contributed by atoms with E-state index in [9.17, 15) is 4.79 Å². The number of nitrogens with one attached hydrogen (secondary N) is 2. The first kappa shape index (κ1) is 16.0. The summed E-state index contributed by atoms with van der Waals surface area (Å²) in [6.45, 7) is 1.72. The van der Waals surface area contributed by atoms with E-state index < -0.39 is 0 Å². The Morgan fingerprint density at radius 3 is 3.22 bits per heavy atom. The molecule has 7 heteroatoms. The fourth-order valence-corrected chi connectivity index (χ4v) is 3.80. The number of hydrogen-bond donors (Lipinski definition) is 2. The Morgan fingerprint density at radius 2 is 2.39 bits per heavy atom. The minimum absolute atomic E-state index is 0.119. The molecule has 6 nitrogen and oxygen atoms in total. The van der Waals surface area contributed by atoms with Crippen LogP contribution in [0, 0.1) is 0 Å². The van der Waals surface area contributed by atoms with Crippen molar-refractivity contribution >= 4 is 23.1 Å². The molecule has 2 heterocycles. The van der Waals surface area contributed by atoms with Crippen LogP contribution in [-0.4, -0.2) is 41.4 Å². The molecule has 0 saturated carbocycles. The summed E-state index contributed by atoms with van der Waals surface area (Å²) < 4.78 is 1.84. The van der Waals surface area contributed by atoms with Crippen LogP contribution in [0.25, 0.3) is 0 Å². The van der Waals surface area contributed by atoms with E-state index in [1.165, 1.54) is 10.4 Å². The number of anilines is 1. The maximum atomic E-state index is 12.2. The molecule has 124 valence electrons. The summed E-state index contributed by atoms with van der Waals surface area (Å²) >= 11 is 1.78. The van der Waals surface area contributed by atoms with Gasteiger partial charge < -0.3 is 15.5 Å². The maximum absolute atomic E-state index is 12.2. The van der Waals surface area contributed by atoms with Crippen LogP contribution in [0.2, 0.25) is 0 Å². The molecule has 0 radical (unpaired) electrons. The van der Waals surface area contributed by atoms with Gasteiger partial charge in [0.1, 0.15) is 0 Å². The van der Waals surface area contributed by atoms with Crippen LogP contribution < -0.4 is 10.6 Å². The summed E-state index contributed by atoms with van der Waals surface area (Å²) in [6, 6.07) is 2.08. The second-order valence-electron chi connectivity index (χ2n) is 6.14. The highest BCUT2D eigenvalue weighted by Gasteiger charge is 2.22. The first-order chi connectivity index (χ1) is 11.1. The number of likely N-dealkylation sites (N-methyl/N-ethyl adjacent to an activating group) is 1. The van der Waals surface area contributed by atoms with Gasteiger partial charge in [0.2, 0.25) is 0 Å². The van der Waals surface area contributed by atoms with Crippen molar-refractivity contribution in [2.45, 2.75) is 31.8 Å². The summed E-state index contributed by atoms with van der Waals surface area (Å²) in [6.07, 6.45) is 6.80. The highest BCUT2D eigenvalue weighted by Crippen LogP contribution is 2.33. The molecule has 1 atom stereocenters. The lowest BCUT2D eigenvalue weighted by Gasteiger charge is -2.23. The Hall–Kier alpha value is -1.86. The number of aryl methyl sites for hydroxylation is 1. The van der Waals surface area contributed by atoms with E-state index in [-0.39, 0.29) is 12.1 Å². The van der Waals surface area contributed by atoms with Crippen molar-refractivity contribution in [1.82, 2.24) is 20.0 Å². The van der Waals surface area contributed by atoms with E-state index in [2.05, 4.69) is 32.1 Å². The highest BCUT2D eigenvalue weighted by atomic mass is 32.1. The average molecular weight is 333 g/mol. The van der Waals surface area contributed by atoms with Crippen molar-refractivity contribution in [3.8, 4) is 0 Å². The predicted octanol–water partition coefficient (Wildman–Crippen LogP) is 2.71. The standard InChI is InChI=1S/C16H23N5OS/c1-20(2)7-8-21-11-12(10-17-21)18-16(22)19-14-4-3-5-15-13(14)6-9-23-15/h6,9-11,14H,3-5,7-8H2,1-2H3,(H2,18,19,22)/t14-/m1/s1. The number of carbonyl (C=O) groups excluding carboxylic acids is 1. The van der Waals surface area contributed by atoms with E-state index >= 15 is 0 Å². The number of amides is 2. The van der Waals surface area contributed by atoms with Gasteiger partial charge in [-0.15, -0.1) is 11.3 Å². The smallest absolute Gasteiger partial charge is 0.319 e. The molecule has 2 aromatic rings. The fourth-order valence-electron chi connectivity index (χ4n) is 2.81. The molecule has 0 unspecified atom stereocenters. The van der Waals surface area contributed by atoms with Crippen LogP contribution in [0.3, 0.4) is 0 Å². The van der Waals surface area contributed by atoms with E-state index in [1.54, 1.807) is 17.5 Å². The van der Waals surface area contributed by atoms with Gasteiger partial charge in [0, 0.05) is 17.6 Å². The third kappa shape index (κ3) is 4.11. The van der Waals surface area contributed by atoms with Crippen LogP contribution in [0.5, 0.6) is 0 Å². The molecule has 2 amide bonds. The Kier molecular flexibility index (Phi) is 4.97. The van der Waals surface area contributed by atoms with Crippen LogP contribution in [0.4, 0.5) is 10.5 Å².